The second kappa shape index (κ2) is 7.68. The van der Waals surface area contributed by atoms with Crippen molar-refractivity contribution in [3.05, 3.63) is 53.6 Å². The molecule has 1 atom stereocenters. The molecule has 4 heteroatoms. The first-order valence-electron chi connectivity index (χ1n) is 7.62. The van der Waals surface area contributed by atoms with E-state index >= 15 is 0 Å². The number of methoxy groups -OCH3 is 2. The van der Waals surface area contributed by atoms with Crippen LogP contribution in [0, 0.1) is 6.92 Å². The van der Waals surface area contributed by atoms with Gasteiger partial charge in [0.05, 0.1) is 14.2 Å². The zero-order chi connectivity index (χ0) is 16.8. The highest BCUT2D eigenvalue weighted by Gasteiger charge is 2.16. The van der Waals surface area contributed by atoms with Crippen LogP contribution in [0.3, 0.4) is 0 Å². The Morgan fingerprint density at radius 3 is 2.52 bits per heavy atom. The number of nitrogens with one attached hydrogen (secondary N) is 1. The van der Waals surface area contributed by atoms with Crippen LogP contribution in [0.4, 0.5) is 5.69 Å². The van der Waals surface area contributed by atoms with E-state index in [0.29, 0.717) is 6.42 Å². The Labute approximate surface area is 137 Å². The summed E-state index contributed by atoms with van der Waals surface area (Å²) in [6, 6.07) is 13.4. The van der Waals surface area contributed by atoms with Gasteiger partial charge in [-0.15, -0.1) is 0 Å². The third kappa shape index (κ3) is 4.25. The van der Waals surface area contributed by atoms with Crippen LogP contribution in [0.1, 0.15) is 30.4 Å². The molecule has 1 amide bonds. The number of carbonyl (C=O) groups excluding carboxylic acids is 1. The quantitative estimate of drug-likeness (QED) is 0.871. The lowest BCUT2D eigenvalue weighted by Gasteiger charge is -2.17. The summed E-state index contributed by atoms with van der Waals surface area (Å²) < 4.78 is 10.6. The van der Waals surface area contributed by atoms with Gasteiger partial charge >= 0.3 is 0 Å². The molecule has 1 unspecified atom stereocenters. The summed E-state index contributed by atoms with van der Waals surface area (Å²) in [5.74, 6) is 1.51. The second-order valence-electron chi connectivity index (χ2n) is 5.58. The van der Waals surface area contributed by atoms with Gasteiger partial charge in [-0.25, -0.2) is 0 Å². The molecular weight excluding hydrogens is 290 g/mol. The molecule has 0 saturated carbocycles. The van der Waals surface area contributed by atoms with Crippen LogP contribution < -0.4 is 14.8 Å². The maximum absolute atomic E-state index is 12.3. The van der Waals surface area contributed by atoms with Crippen molar-refractivity contribution in [2.75, 3.05) is 19.5 Å². The minimum atomic E-state index is -0.00956. The van der Waals surface area contributed by atoms with E-state index in [1.807, 2.05) is 56.3 Å². The van der Waals surface area contributed by atoms with Crippen molar-refractivity contribution in [3.8, 4) is 11.5 Å². The highest BCUT2D eigenvalue weighted by Crippen LogP contribution is 2.32. The molecule has 23 heavy (non-hydrogen) atoms. The average molecular weight is 313 g/mol. The van der Waals surface area contributed by atoms with Crippen molar-refractivity contribution in [2.45, 2.75) is 26.2 Å². The number of aryl methyl sites for hydroxylation is 1. The Hall–Kier alpha value is -2.49. The summed E-state index contributed by atoms with van der Waals surface area (Å²) >= 11 is 0. The molecule has 4 nitrogen and oxygen atoms in total. The molecule has 1 N–H and O–H groups in total. The van der Waals surface area contributed by atoms with E-state index in [1.165, 1.54) is 0 Å². The van der Waals surface area contributed by atoms with Crippen molar-refractivity contribution >= 4 is 11.6 Å². The lowest BCUT2D eigenvalue weighted by Crippen LogP contribution is -2.15. The molecule has 0 aromatic heterocycles. The summed E-state index contributed by atoms with van der Waals surface area (Å²) in [6.07, 6.45) is 0.386. The van der Waals surface area contributed by atoms with Crippen LogP contribution in [0.25, 0.3) is 0 Å². The summed E-state index contributed by atoms with van der Waals surface area (Å²) in [5.41, 5.74) is 2.90. The highest BCUT2D eigenvalue weighted by molar-refractivity contribution is 5.92. The Kier molecular flexibility index (Phi) is 5.63. The molecular formula is C19H23NO3. The third-order valence-electron chi connectivity index (χ3n) is 3.88. The average Bonchev–Trinajstić information content (AvgIpc) is 2.56. The molecule has 2 aromatic carbocycles. The van der Waals surface area contributed by atoms with Crippen LogP contribution in [-0.4, -0.2) is 20.1 Å². The van der Waals surface area contributed by atoms with Crippen LogP contribution in [0.2, 0.25) is 0 Å². The van der Waals surface area contributed by atoms with Gasteiger partial charge in [0.15, 0.2) is 0 Å². The van der Waals surface area contributed by atoms with E-state index in [4.69, 9.17) is 9.47 Å². The van der Waals surface area contributed by atoms with Gasteiger partial charge in [0.25, 0.3) is 0 Å². The predicted molar refractivity (Wildman–Crippen MR) is 92.4 cm³/mol. The fourth-order valence-electron chi connectivity index (χ4n) is 2.53. The molecule has 0 aliphatic heterocycles. The molecule has 0 spiro atoms. The van der Waals surface area contributed by atoms with Gasteiger partial charge in [-0.1, -0.05) is 31.2 Å². The normalized spacial score (nSPS) is 11.7. The molecule has 0 heterocycles. The summed E-state index contributed by atoms with van der Waals surface area (Å²) in [4.78, 5) is 12.3. The summed E-state index contributed by atoms with van der Waals surface area (Å²) in [6.45, 7) is 3.99. The zero-order valence-corrected chi connectivity index (χ0v) is 14.1. The Morgan fingerprint density at radius 2 is 1.87 bits per heavy atom. The number of rotatable bonds is 6. The van der Waals surface area contributed by atoms with Crippen LogP contribution in [-0.2, 0) is 4.79 Å². The van der Waals surface area contributed by atoms with Crippen LogP contribution in [0.5, 0.6) is 11.5 Å². The standard InChI is InChI=1S/C19H23NO3/c1-13-7-5-6-8-17(13)20-19(21)11-14(2)16-10-9-15(22-3)12-18(16)23-4/h5-10,12,14H,11H2,1-4H3,(H,20,21). The van der Waals surface area contributed by atoms with Crippen molar-refractivity contribution < 1.29 is 14.3 Å². The van der Waals surface area contributed by atoms with Gasteiger partial charge in [-0.2, -0.15) is 0 Å². The topological polar surface area (TPSA) is 47.6 Å². The zero-order valence-electron chi connectivity index (χ0n) is 14.1. The van der Waals surface area contributed by atoms with Gasteiger partial charge < -0.3 is 14.8 Å². The predicted octanol–water partition coefficient (Wildman–Crippen LogP) is 4.14. The summed E-state index contributed by atoms with van der Waals surface area (Å²) in [7, 11) is 3.24. The summed E-state index contributed by atoms with van der Waals surface area (Å²) in [5, 5.41) is 2.97. The van der Waals surface area contributed by atoms with Crippen molar-refractivity contribution in [2.24, 2.45) is 0 Å². The monoisotopic (exact) mass is 313 g/mol. The molecule has 2 aromatic rings. The number of hydrogen-bond donors (Lipinski definition) is 1. The van der Waals surface area contributed by atoms with E-state index in [0.717, 1.165) is 28.3 Å². The Morgan fingerprint density at radius 1 is 1.13 bits per heavy atom. The molecule has 0 fully saturated rings. The van der Waals surface area contributed by atoms with Crippen molar-refractivity contribution in [3.63, 3.8) is 0 Å². The number of anilines is 1. The molecule has 0 aliphatic rings. The smallest absolute Gasteiger partial charge is 0.224 e. The van der Waals surface area contributed by atoms with Gasteiger partial charge in [0.1, 0.15) is 11.5 Å². The minimum absolute atomic E-state index is 0.00956. The van der Waals surface area contributed by atoms with Gasteiger partial charge in [-0.05, 0) is 36.1 Å². The van der Waals surface area contributed by atoms with Crippen molar-refractivity contribution in [1.29, 1.82) is 0 Å². The van der Waals surface area contributed by atoms with E-state index in [1.54, 1.807) is 14.2 Å². The number of para-hydroxylation sites is 1. The highest BCUT2D eigenvalue weighted by atomic mass is 16.5. The maximum atomic E-state index is 12.3. The minimum Gasteiger partial charge on any atom is -0.497 e. The third-order valence-corrected chi connectivity index (χ3v) is 3.88. The lowest BCUT2D eigenvalue weighted by atomic mass is 9.96. The van der Waals surface area contributed by atoms with Gasteiger partial charge in [-0.3, -0.25) is 4.79 Å². The maximum Gasteiger partial charge on any atom is 0.224 e. The van der Waals surface area contributed by atoms with Gasteiger partial charge in [0, 0.05) is 18.2 Å². The Bertz CT molecular complexity index is 682. The first-order valence-corrected chi connectivity index (χ1v) is 7.62. The molecule has 0 aliphatic carbocycles. The Balaban J connectivity index is 2.08. The van der Waals surface area contributed by atoms with Crippen LogP contribution >= 0.6 is 0 Å². The van der Waals surface area contributed by atoms with E-state index in [2.05, 4.69) is 5.32 Å². The van der Waals surface area contributed by atoms with Crippen LogP contribution in [0.15, 0.2) is 42.5 Å². The second-order valence-corrected chi connectivity index (χ2v) is 5.58. The fourth-order valence-corrected chi connectivity index (χ4v) is 2.53. The largest absolute Gasteiger partial charge is 0.497 e. The number of hydrogen-bond acceptors (Lipinski definition) is 3. The fraction of sp³-hybridized carbons (Fsp3) is 0.316. The van der Waals surface area contributed by atoms with Crippen molar-refractivity contribution in [1.82, 2.24) is 0 Å². The number of benzene rings is 2. The molecule has 0 saturated heterocycles. The first kappa shape index (κ1) is 16.9. The first-order chi connectivity index (χ1) is 11.0. The molecule has 2 rings (SSSR count). The van der Waals surface area contributed by atoms with Gasteiger partial charge in [0.2, 0.25) is 5.91 Å². The molecule has 0 bridgehead atoms. The number of carbonyl (C=O) groups is 1. The van der Waals surface area contributed by atoms with E-state index in [-0.39, 0.29) is 11.8 Å². The number of amides is 1. The SMILES string of the molecule is COc1ccc(C(C)CC(=O)Nc2ccccc2C)c(OC)c1. The molecule has 0 radical (unpaired) electrons. The van der Waals surface area contributed by atoms with E-state index in [9.17, 15) is 4.79 Å². The molecule has 122 valence electrons. The lowest BCUT2D eigenvalue weighted by molar-refractivity contribution is -0.116. The number of ether oxygens (including phenoxy) is 2. The van der Waals surface area contributed by atoms with E-state index < -0.39 is 0 Å².